The number of nitrogens with zero attached hydrogens (tertiary/aromatic N) is 2. The lowest BCUT2D eigenvalue weighted by molar-refractivity contribution is 0.341. The summed E-state index contributed by atoms with van der Waals surface area (Å²) >= 11 is 6.44. The number of ether oxygens (including phenoxy) is 1. The minimum Gasteiger partial charge on any atom is -0.492 e. The van der Waals surface area contributed by atoms with Crippen LogP contribution in [0.4, 0.5) is 17.1 Å². The summed E-state index contributed by atoms with van der Waals surface area (Å²) in [6.45, 7) is 4.61. The second kappa shape index (κ2) is 11.2. The Bertz CT molecular complexity index is 1290. The van der Waals surface area contributed by atoms with Gasteiger partial charge < -0.3 is 25.6 Å². The van der Waals surface area contributed by atoms with Crippen LogP contribution in [-0.4, -0.2) is 46.7 Å². The van der Waals surface area contributed by atoms with E-state index < -0.39 is 16.3 Å². The van der Waals surface area contributed by atoms with Crippen LogP contribution in [-0.2, 0) is 10.0 Å². The molecule has 37 heavy (non-hydrogen) atoms. The molecule has 1 atom stereocenters. The van der Waals surface area contributed by atoms with Crippen molar-refractivity contribution in [3.05, 3.63) is 53.3 Å². The molecule has 5 rings (SSSR count). The molecule has 9 nitrogen and oxygen atoms in total. The van der Waals surface area contributed by atoms with E-state index in [4.69, 9.17) is 16.3 Å². The van der Waals surface area contributed by atoms with Crippen molar-refractivity contribution in [3.63, 3.8) is 0 Å². The zero-order valence-electron chi connectivity index (χ0n) is 20.8. The van der Waals surface area contributed by atoms with Gasteiger partial charge in [-0.2, -0.15) is 0 Å². The standard InChI is InChI=1S/C26H33ClN6O3S/c1-2-36-23-16-19(33-14-5-6-15-33)12-13-21(23)30-26-28-17-20(27)25(31-26)29-22-10-3-4-11-24(22)37(34,35)32-18-8-7-9-18/h3-4,10-13,16-18,26,29-32H,2,5-9,14-15H2,1H3. The SMILES string of the molecule is CCOc1cc(N2CCCC2)ccc1NC1N=CC(Cl)=C(Nc2ccccc2S(=O)(=O)NC2CCC2)N1. The molecule has 0 aromatic heterocycles. The maximum Gasteiger partial charge on any atom is 0.242 e. The van der Waals surface area contributed by atoms with Crippen molar-refractivity contribution in [3.8, 4) is 5.75 Å². The van der Waals surface area contributed by atoms with E-state index in [-0.39, 0.29) is 10.9 Å². The molecule has 198 valence electrons. The Morgan fingerprint density at radius 3 is 2.62 bits per heavy atom. The van der Waals surface area contributed by atoms with Gasteiger partial charge in [-0.25, -0.2) is 18.1 Å². The van der Waals surface area contributed by atoms with Gasteiger partial charge in [0, 0.05) is 37.1 Å². The predicted molar refractivity (Wildman–Crippen MR) is 149 cm³/mol. The molecule has 1 saturated heterocycles. The zero-order valence-corrected chi connectivity index (χ0v) is 22.4. The third kappa shape index (κ3) is 5.97. The minimum absolute atomic E-state index is 0.00854. The maximum atomic E-state index is 13.0. The molecule has 2 fully saturated rings. The summed E-state index contributed by atoms with van der Waals surface area (Å²) in [6, 6.07) is 12.9. The topological polar surface area (TPSA) is 107 Å². The third-order valence-electron chi connectivity index (χ3n) is 6.75. The fourth-order valence-electron chi connectivity index (χ4n) is 4.59. The van der Waals surface area contributed by atoms with Gasteiger partial charge in [-0.1, -0.05) is 30.2 Å². The van der Waals surface area contributed by atoms with Crippen LogP contribution in [0.1, 0.15) is 39.0 Å². The quantitative estimate of drug-likeness (QED) is 0.351. The minimum atomic E-state index is -3.68. The van der Waals surface area contributed by atoms with E-state index in [0.717, 1.165) is 49.5 Å². The normalized spacial score (nSPS) is 19.9. The summed E-state index contributed by atoms with van der Waals surface area (Å²) in [4.78, 5) is 6.98. The maximum absolute atomic E-state index is 13.0. The summed E-state index contributed by atoms with van der Waals surface area (Å²) in [5.41, 5.74) is 2.36. The molecule has 11 heteroatoms. The van der Waals surface area contributed by atoms with Crippen LogP contribution in [0.5, 0.6) is 5.75 Å². The fraction of sp³-hybridized carbons (Fsp3) is 0.423. The van der Waals surface area contributed by atoms with Gasteiger partial charge >= 0.3 is 0 Å². The van der Waals surface area contributed by atoms with Crippen LogP contribution >= 0.6 is 11.6 Å². The van der Waals surface area contributed by atoms with E-state index >= 15 is 0 Å². The van der Waals surface area contributed by atoms with Gasteiger partial charge in [0.1, 0.15) is 16.5 Å². The van der Waals surface area contributed by atoms with Crippen molar-refractivity contribution in [2.45, 2.75) is 56.3 Å². The molecular formula is C26H33ClN6O3S. The van der Waals surface area contributed by atoms with Gasteiger partial charge in [0.15, 0.2) is 6.29 Å². The second-order valence-electron chi connectivity index (χ2n) is 9.37. The highest BCUT2D eigenvalue weighted by Crippen LogP contribution is 2.33. The van der Waals surface area contributed by atoms with Crippen LogP contribution < -0.4 is 30.3 Å². The van der Waals surface area contributed by atoms with Crippen molar-refractivity contribution < 1.29 is 13.2 Å². The first kappa shape index (κ1) is 25.7. The molecule has 2 aromatic carbocycles. The highest BCUT2D eigenvalue weighted by atomic mass is 35.5. The van der Waals surface area contributed by atoms with Crippen LogP contribution in [0, 0.1) is 0 Å². The first-order chi connectivity index (χ1) is 17.9. The predicted octanol–water partition coefficient (Wildman–Crippen LogP) is 4.41. The summed E-state index contributed by atoms with van der Waals surface area (Å²) in [6.07, 6.45) is 6.17. The molecule has 0 radical (unpaired) electrons. The molecule has 0 amide bonds. The summed E-state index contributed by atoms with van der Waals surface area (Å²) < 4.78 is 34.8. The Kier molecular flexibility index (Phi) is 7.78. The van der Waals surface area contributed by atoms with Gasteiger partial charge in [-0.05, 0) is 56.9 Å². The number of para-hydroxylation sites is 1. The first-order valence-electron chi connectivity index (χ1n) is 12.8. The smallest absolute Gasteiger partial charge is 0.242 e. The third-order valence-corrected chi connectivity index (χ3v) is 8.61. The molecule has 3 aliphatic rings. The van der Waals surface area contributed by atoms with Crippen molar-refractivity contribution in [1.82, 2.24) is 10.0 Å². The van der Waals surface area contributed by atoms with Crippen molar-refractivity contribution >= 4 is 44.9 Å². The average molecular weight is 545 g/mol. The molecule has 2 heterocycles. The van der Waals surface area contributed by atoms with Gasteiger partial charge in [0.05, 0.1) is 23.0 Å². The Morgan fingerprint density at radius 2 is 1.89 bits per heavy atom. The van der Waals surface area contributed by atoms with Crippen molar-refractivity contribution in [1.29, 1.82) is 0 Å². The van der Waals surface area contributed by atoms with Crippen LogP contribution in [0.3, 0.4) is 0 Å². The highest BCUT2D eigenvalue weighted by Gasteiger charge is 2.27. The van der Waals surface area contributed by atoms with Crippen LogP contribution in [0.2, 0.25) is 0 Å². The summed E-state index contributed by atoms with van der Waals surface area (Å²) in [5, 5.41) is 10.1. The monoisotopic (exact) mass is 544 g/mol. The van der Waals surface area contributed by atoms with Crippen LogP contribution in [0.15, 0.2) is 63.2 Å². The molecule has 1 aliphatic carbocycles. The Morgan fingerprint density at radius 1 is 1.11 bits per heavy atom. The molecule has 0 bridgehead atoms. The average Bonchev–Trinajstić information content (AvgIpc) is 3.40. The zero-order chi connectivity index (χ0) is 25.8. The molecule has 4 N–H and O–H groups in total. The number of anilines is 3. The molecule has 2 aliphatic heterocycles. The van der Waals surface area contributed by atoms with E-state index in [0.29, 0.717) is 23.1 Å². The first-order valence-corrected chi connectivity index (χ1v) is 14.7. The summed E-state index contributed by atoms with van der Waals surface area (Å²) in [5.74, 6) is 1.20. The summed E-state index contributed by atoms with van der Waals surface area (Å²) in [7, 11) is -3.68. The van der Waals surface area contributed by atoms with E-state index in [1.165, 1.54) is 12.8 Å². The van der Waals surface area contributed by atoms with Crippen molar-refractivity contribution in [2.75, 3.05) is 35.2 Å². The number of sulfonamides is 1. The van der Waals surface area contributed by atoms with Crippen LogP contribution in [0.25, 0.3) is 0 Å². The number of allylic oxidation sites excluding steroid dienone is 1. The lowest BCUT2D eigenvalue weighted by Crippen LogP contribution is -2.41. The van der Waals surface area contributed by atoms with Gasteiger partial charge in [-0.15, -0.1) is 0 Å². The number of hydrogen-bond donors (Lipinski definition) is 4. The highest BCUT2D eigenvalue weighted by molar-refractivity contribution is 7.89. The van der Waals surface area contributed by atoms with Gasteiger partial charge in [-0.3, -0.25) is 0 Å². The van der Waals surface area contributed by atoms with E-state index in [9.17, 15) is 8.42 Å². The molecular weight excluding hydrogens is 512 g/mol. The number of aliphatic imine (C=N–C) groups is 1. The van der Waals surface area contributed by atoms with E-state index in [1.807, 2.05) is 13.0 Å². The Labute approximate surface area is 223 Å². The Hall–Kier alpha value is -2.95. The number of rotatable bonds is 10. The second-order valence-corrected chi connectivity index (χ2v) is 11.5. The largest absolute Gasteiger partial charge is 0.492 e. The van der Waals surface area contributed by atoms with Gasteiger partial charge in [0.2, 0.25) is 10.0 Å². The lowest BCUT2D eigenvalue weighted by Gasteiger charge is -2.28. The van der Waals surface area contributed by atoms with E-state index in [1.54, 1.807) is 30.5 Å². The number of benzene rings is 2. The molecule has 0 spiro atoms. The number of hydrogen-bond acceptors (Lipinski definition) is 8. The fourth-order valence-corrected chi connectivity index (χ4v) is 6.21. The molecule has 1 unspecified atom stereocenters. The lowest BCUT2D eigenvalue weighted by atomic mass is 9.94. The van der Waals surface area contributed by atoms with E-state index in [2.05, 4.69) is 42.7 Å². The number of halogens is 1. The Balaban J connectivity index is 1.31. The molecule has 2 aromatic rings. The van der Waals surface area contributed by atoms with Gasteiger partial charge in [0.25, 0.3) is 0 Å². The molecule has 1 saturated carbocycles. The van der Waals surface area contributed by atoms with Crippen molar-refractivity contribution in [2.24, 2.45) is 4.99 Å². The number of nitrogens with one attached hydrogen (secondary N) is 4.